The van der Waals surface area contributed by atoms with Gasteiger partial charge in [-0.15, -0.1) is 0 Å². The molecular weight excluding hydrogens is 480 g/mol. The molecule has 0 bridgehead atoms. The molecule has 1 fully saturated rings. The topological polar surface area (TPSA) is 166 Å². The third kappa shape index (κ3) is 12.4. The SMILES string of the molecule is CC(C)(C)/C=C/C=C/c1cc(OC[C@H]2CCCN2)cnc1Cl.O=C(O)CC(O)(CC(=O)O)C(=O)O. The minimum atomic E-state index is -2.74. The van der Waals surface area contributed by atoms with Crippen molar-refractivity contribution in [1.82, 2.24) is 10.3 Å². The van der Waals surface area contributed by atoms with E-state index in [-0.39, 0.29) is 5.41 Å². The Labute approximate surface area is 209 Å². The fraction of sp³-hybridized carbons (Fsp3) is 0.500. The number of nitrogens with one attached hydrogen (secondary N) is 1. The molecule has 0 aliphatic carbocycles. The van der Waals surface area contributed by atoms with Crippen LogP contribution in [0, 0.1) is 5.41 Å². The molecule has 1 aliphatic heterocycles. The summed E-state index contributed by atoms with van der Waals surface area (Å²) in [6.07, 6.45) is 9.91. The van der Waals surface area contributed by atoms with Crippen LogP contribution >= 0.6 is 11.6 Å². The van der Waals surface area contributed by atoms with Crippen molar-refractivity contribution in [2.75, 3.05) is 13.2 Å². The second-order valence-electron chi connectivity index (χ2n) is 9.22. The molecule has 0 spiro atoms. The molecule has 35 heavy (non-hydrogen) atoms. The maximum absolute atomic E-state index is 10.3. The highest BCUT2D eigenvalue weighted by Gasteiger charge is 2.40. The Balaban J connectivity index is 0.000000405. The lowest BCUT2D eigenvalue weighted by Gasteiger charge is -2.18. The summed E-state index contributed by atoms with van der Waals surface area (Å²) in [6, 6.07) is 2.38. The predicted molar refractivity (Wildman–Crippen MR) is 130 cm³/mol. The fourth-order valence-corrected chi connectivity index (χ4v) is 3.12. The zero-order chi connectivity index (χ0) is 26.6. The third-order valence-electron chi connectivity index (χ3n) is 4.72. The first-order chi connectivity index (χ1) is 16.2. The van der Waals surface area contributed by atoms with Gasteiger partial charge in [0.25, 0.3) is 0 Å². The van der Waals surface area contributed by atoms with E-state index in [0.29, 0.717) is 17.8 Å². The lowest BCUT2D eigenvalue weighted by molar-refractivity contribution is -0.170. The van der Waals surface area contributed by atoms with Gasteiger partial charge in [-0.25, -0.2) is 9.78 Å². The maximum Gasteiger partial charge on any atom is 0.336 e. The minimum absolute atomic E-state index is 0.172. The summed E-state index contributed by atoms with van der Waals surface area (Å²) in [5.74, 6) is -4.26. The number of nitrogens with zero attached hydrogens (tertiary/aromatic N) is 1. The molecule has 0 radical (unpaired) electrons. The lowest BCUT2D eigenvalue weighted by atomic mass is 9.96. The van der Waals surface area contributed by atoms with Gasteiger partial charge >= 0.3 is 17.9 Å². The first-order valence-electron chi connectivity index (χ1n) is 11.0. The van der Waals surface area contributed by atoms with E-state index in [1.807, 2.05) is 24.3 Å². The normalized spacial score (nSPS) is 16.2. The van der Waals surface area contributed by atoms with Crippen LogP contribution in [-0.4, -0.2) is 68.1 Å². The number of carboxylic acids is 3. The van der Waals surface area contributed by atoms with Crippen LogP contribution in [0.3, 0.4) is 0 Å². The molecule has 1 aromatic rings. The molecule has 10 nitrogen and oxygen atoms in total. The highest BCUT2D eigenvalue weighted by atomic mass is 35.5. The molecule has 1 saturated heterocycles. The first kappa shape index (κ1) is 30.1. The number of hydrogen-bond acceptors (Lipinski definition) is 7. The smallest absolute Gasteiger partial charge is 0.336 e. The van der Waals surface area contributed by atoms with Crippen molar-refractivity contribution in [3.63, 3.8) is 0 Å². The minimum Gasteiger partial charge on any atom is -0.490 e. The number of aliphatic carboxylic acids is 3. The lowest BCUT2D eigenvalue weighted by Crippen LogP contribution is -2.42. The molecule has 2 heterocycles. The van der Waals surface area contributed by atoms with E-state index >= 15 is 0 Å². The van der Waals surface area contributed by atoms with E-state index in [2.05, 4.69) is 37.1 Å². The highest BCUT2D eigenvalue weighted by Crippen LogP contribution is 2.22. The van der Waals surface area contributed by atoms with Crippen LogP contribution in [0.25, 0.3) is 6.08 Å². The van der Waals surface area contributed by atoms with Crippen molar-refractivity contribution in [1.29, 1.82) is 0 Å². The van der Waals surface area contributed by atoms with Gasteiger partial charge in [0.2, 0.25) is 0 Å². The second-order valence-corrected chi connectivity index (χ2v) is 9.58. The third-order valence-corrected chi connectivity index (χ3v) is 5.04. The number of allylic oxidation sites excluding steroid dienone is 3. The van der Waals surface area contributed by atoms with Gasteiger partial charge in [0.05, 0.1) is 19.0 Å². The number of ether oxygens (including phenoxy) is 1. The van der Waals surface area contributed by atoms with Crippen LogP contribution in [0.5, 0.6) is 5.75 Å². The molecule has 0 unspecified atom stereocenters. The average molecular weight is 513 g/mol. The molecule has 194 valence electrons. The van der Waals surface area contributed by atoms with Crippen molar-refractivity contribution in [2.24, 2.45) is 5.41 Å². The van der Waals surface area contributed by atoms with Gasteiger partial charge < -0.3 is 30.5 Å². The molecule has 0 amide bonds. The van der Waals surface area contributed by atoms with E-state index in [4.69, 9.17) is 36.8 Å². The number of hydrogen-bond donors (Lipinski definition) is 5. The van der Waals surface area contributed by atoms with E-state index in [0.717, 1.165) is 17.9 Å². The molecule has 1 aromatic heterocycles. The van der Waals surface area contributed by atoms with Gasteiger partial charge in [0, 0.05) is 11.6 Å². The maximum atomic E-state index is 10.3. The monoisotopic (exact) mass is 512 g/mol. The van der Waals surface area contributed by atoms with Gasteiger partial charge in [-0.05, 0) is 30.9 Å². The fourth-order valence-electron chi connectivity index (χ4n) is 2.95. The molecule has 11 heteroatoms. The summed E-state index contributed by atoms with van der Waals surface area (Å²) in [5.41, 5.74) is -1.69. The summed E-state index contributed by atoms with van der Waals surface area (Å²) in [6.45, 7) is 8.25. The van der Waals surface area contributed by atoms with Gasteiger partial charge in [-0.2, -0.15) is 0 Å². The van der Waals surface area contributed by atoms with Crippen LogP contribution in [0.1, 0.15) is 52.0 Å². The number of carboxylic acid groups (broad SMARTS) is 3. The van der Waals surface area contributed by atoms with Gasteiger partial charge in [-0.1, -0.05) is 56.7 Å². The van der Waals surface area contributed by atoms with Crippen LogP contribution in [0.15, 0.2) is 30.5 Å². The number of aliphatic hydroxyl groups is 1. The molecule has 2 rings (SSSR count). The molecule has 0 saturated carbocycles. The summed E-state index contributed by atoms with van der Waals surface area (Å²) in [7, 11) is 0. The number of pyridine rings is 1. The number of halogens is 1. The summed E-state index contributed by atoms with van der Waals surface area (Å²) in [5, 5.41) is 37.7. The molecule has 1 aliphatic rings. The quantitative estimate of drug-likeness (QED) is 0.232. The predicted octanol–water partition coefficient (Wildman–Crippen LogP) is 3.23. The van der Waals surface area contributed by atoms with Crippen molar-refractivity contribution in [2.45, 2.75) is 58.1 Å². The Kier molecular flexibility index (Phi) is 11.9. The van der Waals surface area contributed by atoms with E-state index in [9.17, 15) is 14.4 Å². The van der Waals surface area contributed by atoms with Crippen LogP contribution in [-0.2, 0) is 14.4 Å². The Morgan fingerprint density at radius 2 is 1.80 bits per heavy atom. The standard InChI is InChI=1S/C18H25ClN2O.C6H8O7/c1-18(2,3)9-5-4-7-14-11-16(12-21-17(14)19)22-13-15-8-6-10-20-15;7-3(8)1-6(13,5(11)12)2-4(9)10/h4-5,7,9,11-12,15,20H,6,8,10,13H2,1-3H3;13H,1-2H2,(H,7,8)(H,9,10)(H,11,12)/b7-4+,9-5+;/t15-;/m1./s1. The largest absolute Gasteiger partial charge is 0.490 e. The van der Waals surface area contributed by atoms with Crippen LogP contribution in [0.4, 0.5) is 0 Å². The van der Waals surface area contributed by atoms with E-state index in [1.165, 1.54) is 12.8 Å². The highest BCUT2D eigenvalue weighted by molar-refractivity contribution is 6.30. The Morgan fingerprint density at radius 1 is 1.17 bits per heavy atom. The van der Waals surface area contributed by atoms with E-state index < -0.39 is 36.4 Å². The van der Waals surface area contributed by atoms with Crippen molar-refractivity contribution in [3.8, 4) is 5.75 Å². The van der Waals surface area contributed by atoms with Gasteiger partial charge in [0.15, 0.2) is 5.60 Å². The summed E-state index contributed by atoms with van der Waals surface area (Å²) in [4.78, 5) is 34.7. The Hall–Kier alpha value is -2.95. The summed E-state index contributed by atoms with van der Waals surface area (Å²) < 4.78 is 5.81. The zero-order valence-corrected chi connectivity index (χ0v) is 20.8. The number of rotatable bonds is 10. The first-order valence-corrected chi connectivity index (χ1v) is 11.4. The van der Waals surface area contributed by atoms with Gasteiger partial charge in [0.1, 0.15) is 17.5 Å². The number of aromatic nitrogens is 1. The molecule has 1 atom stereocenters. The Morgan fingerprint density at radius 3 is 2.29 bits per heavy atom. The summed E-state index contributed by atoms with van der Waals surface area (Å²) >= 11 is 6.14. The van der Waals surface area contributed by atoms with Crippen LogP contribution in [0.2, 0.25) is 5.15 Å². The Bertz CT molecular complexity index is 918. The average Bonchev–Trinajstić information content (AvgIpc) is 3.23. The second kappa shape index (κ2) is 13.8. The van der Waals surface area contributed by atoms with Crippen molar-refractivity contribution >= 4 is 35.6 Å². The van der Waals surface area contributed by atoms with Gasteiger partial charge in [-0.3, -0.25) is 9.59 Å². The number of carbonyl (C=O) groups is 3. The van der Waals surface area contributed by atoms with Crippen LogP contribution < -0.4 is 10.1 Å². The molecular formula is C24H33ClN2O8. The van der Waals surface area contributed by atoms with Crippen molar-refractivity contribution < 1.29 is 39.5 Å². The molecule has 0 aromatic carbocycles. The zero-order valence-electron chi connectivity index (χ0n) is 20.0. The molecule has 5 N–H and O–H groups in total. The van der Waals surface area contributed by atoms with Crippen molar-refractivity contribution in [3.05, 3.63) is 41.2 Å². The van der Waals surface area contributed by atoms with E-state index in [1.54, 1.807) is 6.20 Å².